The lowest BCUT2D eigenvalue weighted by Crippen LogP contribution is -2.12. The minimum Gasteiger partial charge on any atom is -0.398 e. The zero-order chi connectivity index (χ0) is 12.8. The Labute approximate surface area is 100 Å². The first-order valence-corrected chi connectivity index (χ1v) is 5.11. The van der Waals surface area contributed by atoms with Crippen LogP contribution in [0.4, 0.5) is 18.9 Å². The van der Waals surface area contributed by atoms with Crippen molar-refractivity contribution >= 4 is 28.2 Å². The molecule has 2 nitrogen and oxygen atoms in total. The minimum atomic E-state index is -4.51. The highest BCUT2D eigenvalue weighted by Crippen LogP contribution is 2.36. The number of nitrogens with two attached hydrogens (primary N) is 1. The van der Waals surface area contributed by atoms with E-state index in [4.69, 9.17) is 17.3 Å². The number of pyridine rings is 1. The van der Waals surface area contributed by atoms with Crippen LogP contribution in [0.5, 0.6) is 0 Å². The Morgan fingerprint density at radius 3 is 2.53 bits per heavy atom. The highest BCUT2D eigenvalue weighted by atomic mass is 35.5. The number of nitrogens with zero attached hydrogens (tertiary/aromatic N) is 1. The molecule has 1 heterocycles. The first-order valence-electron chi connectivity index (χ1n) is 4.73. The standard InChI is InChI=1S/C11H8ClF3N2/c1-5-9(16)7-4-6(12)2-3-8(7)17-10(5)11(13,14)15/h2-4H,1H3,(H2,16,17). The van der Waals surface area contributed by atoms with Crippen LogP contribution in [0.15, 0.2) is 18.2 Å². The molecule has 0 aliphatic rings. The molecule has 2 aromatic rings. The van der Waals surface area contributed by atoms with E-state index in [1.54, 1.807) is 0 Å². The van der Waals surface area contributed by atoms with Crippen molar-refractivity contribution in [2.45, 2.75) is 13.1 Å². The Hall–Kier alpha value is -1.49. The average molecular weight is 261 g/mol. The highest BCUT2D eigenvalue weighted by Gasteiger charge is 2.35. The van der Waals surface area contributed by atoms with E-state index < -0.39 is 11.9 Å². The van der Waals surface area contributed by atoms with E-state index in [2.05, 4.69) is 4.98 Å². The molecule has 0 saturated carbocycles. The van der Waals surface area contributed by atoms with E-state index >= 15 is 0 Å². The summed E-state index contributed by atoms with van der Waals surface area (Å²) in [6.07, 6.45) is -4.51. The molecule has 0 atom stereocenters. The summed E-state index contributed by atoms with van der Waals surface area (Å²) >= 11 is 5.77. The minimum absolute atomic E-state index is 0.0600. The van der Waals surface area contributed by atoms with E-state index in [0.717, 1.165) is 0 Å². The SMILES string of the molecule is Cc1c(C(F)(F)F)nc2ccc(Cl)cc2c1N. The molecule has 0 fully saturated rings. The first-order chi connectivity index (χ1) is 7.80. The van der Waals surface area contributed by atoms with Gasteiger partial charge in [0.05, 0.1) is 5.52 Å². The van der Waals surface area contributed by atoms with E-state index in [-0.39, 0.29) is 16.8 Å². The van der Waals surface area contributed by atoms with Crippen molar-refractivity contribution in [3.8, 4) is 0 Å². The molecule has 0 radical (unpaired) electrons. The number of halogens is 4. The molecule has 0 aliphatic carbocycles. The fourth-order valence-electron chi connectivity index (χ4n) is 1.63. The Morgan fingerprint density at radius 2 is 1.94 bits per heavy atom. The van der Waals surface area contributed by atoms with Crippen molar-refractivity contribution < 1.29 is 13.2 Å². The molecule has 17 heavy (non-hydrogen) atoms. The zero-order valence-corrected chi connectivity index (χ0v) is 9.52. The zero-order valence-electron chi connectivity index (χ0n) is 8.77. The van der Waals surface area contributed by atoms with E-state index in [1.165, 1.54) is 25.1 Å². The Balaban J connectivity index is 2.85. The highest BCUT2D eigenvalue weighted by molar-refractivity contribution is 6.31. The predicted octanol–water partition coefficient (Wildman–Crippen LogP) is 3.80. The number of anilines is 1. The maximum Gasteiger partial charge on any atom is 0.433 e. The molecule has 0 aliphatic heterocycles. The van der Waals surface area contributed by atoms with Crippen molar-refractivity contribution in [2.75, 3.05) is 5.73 Å². The summed E-state index contributed by atoms with van der Waals surface area (Å²) in [6, 6.07) is 4.40. The smallest absolute Gasteiger partial charge is 0.398 e. The number of rotatable bonds is 0. The number of aromatic nitrogens is 1. The summed E-state index contributed by atoms with van der Waals surface area (Å²) in [7, 11) is 0. The third kappa shape index (κ3) is 2.02. The van der Waals surface area contributed by atoms with Crippen LogP contribution >= 0.6 is 11.6 Å². The van der Waals surface area contributed by atoms with Gasteiger partial charge in [0, 0.05) is 21.7 Å². The Kier molecular flexibility index (Phi) is 2.66. The molecule has 1 aromatic heterocycles. The molecule has 0 spiro atoms. The molecule has 0 unspecified atom stereocenters. The van der Waals surface area contributed by atoms with E-state index in [9.17, 15) is 13.2 Å². The summed E-state index contributed by atoms with van der Waals surface area (Å²) in [6.45, 7) is 1.30. The number of fused-ring (bicyclic) bond motifs is 1. The first kappa shape index (κ1) is 12.0. The molecule has 90 valence electrons. The van der Waals surface area contributed by atoms with Gasteiger partial charge in [0.15, 0.2) is 0 Å². The lowest BCUT2D eigenvalue weighted by Gasteiger charge is -2.13. The fraction of sp³-hybridized carbons (Fsp3) is 0.182. The van der Waals surface area contributed by atoms with Gasteiger partial charge in [-0.3, -0.25) is 0 Å². The summed E-state index contributed by atoms with van der Waals surface area (Å²) in [4.78, 5) is 3.58. The van der Waals surface area contributed by atoms with Crippen LogP contribution in [0.1, 0.15) is 11.3 Å². The molecule has 1 aromatic carbocycles. The van der Waals surface area contributed by atoms with Crippen LogP contribution in [0.3, 0.4) is 0 Å². The second-order valence-corrected chi connectivity index (χ2v) is 4.09. The lowest BCUT2D eigenvalue weighted by molar-refractivity contribution is -0.141. The van der Waals surface area contributed by atoms with Gasteiger partial charge in [-0.05, 0) is 25.1 Å². The number of hydrogen-bond acceptors (Lipinski definition) is 2. The van der Waals surface area contributed by atoms with Gasteiger partial charge in [-0.2, -0.15) is 13.2 Å². The monoisotopic (exact) mass is 260 g/mol. The number of hydrogen-bond donors (Lipinski definition) is 1. The third-order valence-electron chi connectivity index (χ3n) is 2.51. The van der Waals surface area contributed by atoms with Gasteiger partial charge in [0.25, 0.3) is 0 Å². The van der Waals surface area contributed by atoms with Crippen molar-refractivity contribution in [3.05, 3.63) is 34.5 Å². The predicted molar refractivity (Wildman–Crippen MR) is 60.9 cm³/mol. The fourth-order valence-corrected chi connectivity index (χ4v) is 1.80. The number of benzene rings is 1. The second-order valence-electron chi connectivity index (χ2n) is 3.66. The van der Waals surface area contributed by atoms with Crippen molar-refractivity contribution in [1.29, 1.82) is 0 Å². The normalized spacial score (nSPS) is 12.1. The average Bonchev–Trinajstić information content (AvgIpc) is 2.22. The van der Waals surface area contributed by atoms with Gasteiger partial charge in [0.2, 0.25) is 0 Å². The molecular formula is C11H8ClF3N2. The molecule has 0 bridgehead atoms. The van der Waals surface area contributed by atoms with Gasteiger partial charge in [-0.1, -0.05) is 11.6 Å². The summed E-state index contributed by atoms with van der Waals surface area (Å²) in [5.74, 6) is 0. The maximum atomic E-state index is 12.7. The van der Waals surface area contributed by atoms with E-state index in [0.29, 0.717) is 10.4 Å². The Morgan fingerprint density at radius 1 is 1.29 bits per heavy atom. The lowest BCUT2D eigenvalue weighted by atomic mass is 10.1. The third-order valence-corrected chi connectivity index (χ3v) is 2.74. The Bertz CT molecular complexity index is 593. The summed E-state index contributed by atoms with van der Waals surface area (Å²) in [5, 5.41) is 0.841. The van der Waals surface area contributed by atoms with Gasteiger partial charge in [-0.25, -0.2) is 4.98 Å². The second kappa shape index (κ2) is 3.77. The number of nitrogen functional groups attached to an aromatic ring is 1. The van der Waals surface area contributed by atoms with Gasteiger partial charge >= 0.3 is 6.18 Å². The van der Waals surface area contributed by atoms with E-state index in [1.807, 2.05) is 0 Å². The summed E-state index contributed by atoms with van der Waals surface area (Å²) < 4.78 is 38.1. The molecule has 6 heteroatoms. The van der Waals surface area contributed by atoms with Crippen LogP contribution < -0.4 is 5.73 Å². The largest absolute Gasteiger partial charge is 0.433 e. The van der Waals surface area contributed by atoms with Gasteiger partial charge in [0.1, 0.15) is 5.69 Å². The van der Waals surface area contributed by atoms with Crippen LogP contribution in [0, 0.1) is 6.92 Å². The van der Waals surface area contributed by atoms with Crippen LogP contribution in [0.2, 0.25) is 5.02 Å². The van der Waals surface area contributed by atoms with Crippen LogP contribution in [0.25, 0.3) is 10.9 Å². The quantitative estimate of drug-likeness (QED) is 0.782. The number of alkyl halides is 3. The van der Waals surface area contributed by atoms with Gasteiger partial charge < -0.3 is 5.73 Å². The van der Waals surface area contributed by atoms with Crippen LogP contribution in [-0.2, 0) is 6.18 Å². The van der Waals surface area contributed by atoms with Gasteiger partial charge in [-0.15, -0.1) is 0 Å². The molecule has 2 N–H and O–H groups in total. The van der Waals surface area contributed by atoms with Crippen LogP contribution in [-0.4, -0.2) is 4.98 Å². The molecule has 0 saturated heterocycles. The maximum absolute atomic E-state index is 12.7. The van der Waals surface area contributed by atoms with Crippen molar-refractivity contribution in [2.24, 2.45) is 0 Å². The van der Waals surface area contributed by atoms with Crippen molar-refractivity contribution in [3.63, 3.8) is 0 Å². The molecule has 0 amide bonds. The topological polar surface area (TPSA) is 38.9 Å². The molecular weight excluding hydrogens is 253 g/mol. The molecule has 2 rings (SSSR count). The van der Waals surface area contributed by atoms with Crippen molar-refractivity contribution in [1.82, 2.24) is 4.98 Å². The summed E-state index contributed by atoms with van der Waals surface area (Å²) in [5.41, 5.74) is 4.90.